The van der Waals surface area contributed by atoms with Gasteiger partial charge < -0.3 is 20.0 Å². The van der Waals surface area contributed by atoms with Gasteiger partial charge in [-0.05, 0) is 31.9 Å². The van der Waals surface area contributed by atoms with Crippen molar-refractivity contribution in [2.45, 2.75) is 32.7 Å². The monoisotopic (exact) mass is 489 g/mol. The van der Waals surface area contributed by atoms with E-state index in [1.807, 2.05) is 12.1 Å². The molecule has 152 valence electrons. The zero-order valence-electron chi connectivity index (χ0n) is 16.2. The molecular formula is C19H32IN5O2. The standard InChI is InChI=1S/C19H31N5O2.HI/c1-2-20-19(22-15-17-7-4-14-26-17)21-8-9-23-10-12-24(13-11-23)18(25)16-5-3-6-16;/h4,7,14,16H,2-3,5-6,8-13,15H2,1H3,(H2,20,21,22);1H. The van der Waals surface area contributed by atoms with E-state index in [0.717, 1.165) is 70.4 Å². The van der Waals surface area contributed by atoms with Crippen LogP contribution in [0.15, 0.2) is 27.8 Å². The van der Waals surface area contributed by atoms with Crippen LogP contribution in [0.4, 0.5) is 0 Å². The lowest BCUT2D eigenvalue weighted by molar-refractivity contribution is -0.139. The number of nitrogens with zero attached hydrogens (tertiary/aromatic N) is 3. The lowest BCUT2D eigenvalue weighted by Gasteiger charge is -2.38. The fourth-order valence-electron chi connectivity index (χ4n) is 3.34. The van der Waals surface area contributed by atoms with Crippen LogP contribution < -0.4 is 10.6 Å². The van der Waals surface area contributed by atoms with Crippen LogP contribution in [0.2, 0.25) is 0 Å². The first-order valence-corrected chi connectivity index (χ1v) is 9.82. The highest BCUT2D eigenvalue weighted by atomic mass is 127. The van der Waals surface area contributed by atoms with Crippen molar-refractivity contribution in [1.29, 1.82) is 0 Å². The van der Waals surface area contributed by atoms with E-state index in [0.29, 0.717) is 18.4 Å². The normalized spacial score (nSPS) is 18.6. The van der Waals surface area contributed by atoms with E-state index in [-0.39, 0.29) is 24.0 Å². The molecule has 1 saturated carbocycles. The summed E-state index contributed by atoms with van der Waals surface area (Å²) in [5.74, 6) is 2.36. The van der Waals surface area contributed by atoms with Crippen LogP contribution in [-0.4, -0.2) is 67.5 Å². The summed E-state index contributed by atoms with van der Waals surface area (Å²) in [7, 11) is 0. The Hall–Kier alpha value is -1.29. The predicted molar refractivity (Wildman–Crippen MR) is 117 cm³/mol. The second-order valence-corrected chi connectivity index (χ2v) is 7.00. The van der Waals surface area contributed by atoms with Crippen molar-refractivity contribution in [1.82, 2.24) is 20.4 Å². The van der Waals surface area contributed by atoms with Crippen LogP contribution >= 0.6 is 24.0 Å². The van der Waals surface area contributed by atoms with Crippen molar-refractivity contribution in [2.24, 2.45) is 10.9 Å². The van der Waals surface area contributed by atoms with Gasteiger partial charge in [0.05, 0.1) is 6.26 Å². The third-order valence-electron chi connectivity index (χ3n) is 5.18. The maximum Gasteiger partial charge on any atom is 0.225 e. The van der Waals surface area contributed by atoms with Crippen LogP contribution in [0.3, 0.4) is 0 Å². The number of amides is 1. The molecule has 0 unspecified atom stereocenters. The van der Waals surface area contributed by atoms with E-state index in [1.165, 1.54) is 6.42 Å². The van der Waals surface area contributed by atoms with Crippen LogP contribution in [0.1, 0.15) is 31.9 Å². The average molecular weight is 489 g/mol. The maximum atomic E-state index is 12.3. The van der Waals surface area contributed by atoms with E-state index in [4.69, 9.17) is 4.42 Å². The summed E-state index contributed by atoms with van der Waals surface area (Å²) >= 11 is 0. The van der Waals surface area contributed by atoms with Crippen molar-refractivity contribution >= 4 is 35.8 Å². The zero-order chi connectivity index (χ0) is 18.2. The molecule has 1 amide bonds. The number of guanidine groups is 1. The van der Waals surface area contributed by atoms with Crippen molar-refractivity contribution < 1.29 is 9.21 Å². The summed E-state index contributed by atoms with van der Waals surface area (Å²) in [6.07, 6.45) is 5.07. The molecule has 0 atom stereocenters. The molecule has 2 heterocycles. The first-order valence-electron chi connectivity index (χ1n) is 9.82. The van der Waals surface area contributed by atoms with Gasteiger partial charge in [0.15, 0.2) is 5.96 Å². The Labute approximate surface area is 179 Å². The minimum atomic E-state index is 0. The first kappa shape index (κ1) is 22.0. The van der Waals surface area contributed by atoms with E-state index < -0.39 is 0 Å². The SMILES string of the molecule is CCNC(=NCc1ccco1)NCCN1CCN(C(=O)C2CCC2)CC1.I. The predicted octanol–water partition coefficient (Wildman–Crippen LogP) is 1.90. The number of hydrogen-bond acceptors (Lipinski definition) is 4. The zero-order valence-corrected chi connectivity index (χ0v) is 18.5. The molecule has 1 aliphatic carbocycles. The minimum Gasteiger partial charge on any atom is -0.467 e. The molecule has 2 N–H and O–H groups in total. The molecule has 3 rings (SSSR count). The number of carbonyl (C=O) groups excluding carboxylic acids is 1. The lowest BCUT2D eigenvalue weighted by Crippen LogP contribution is -2.52. The van der Waals surface area contributed by atoms with Crippen LogP contribution in [-0.2, 0) is 11.3 Å². The molecule has 1 aromatic heterocycles. The molecule has 0 spiro atoms. The van der Waals surface area contributed by atoms with Gasteiger partial charge in [-0.2, -0.15) is 0 Å². The fourth-order valence-corrected chi connectivity index (χ4v) is 3.34. The summed E-state index contributed by atoms with van der Waals surface area (Å²) in [5.41, 5.74) is 0. The number of halogens is 1. The van der Waals surface area contributed by atoms with E-state index in [9.17, 15) is 4.79 Å². The largest absolute Gasteiger partial charge is 0.467 e. The quantitative estimate of drug-likeness (QED) is 0.348. The Bertz CT molecular complexity index is 581. The second kappa shape index (κ2) is 11.5. The smallest absolute Gasteiger partial charge is 0.225 e. The molecule has 0 bridgehead atoms. The Morgan fingerprint density at radius 2 is 2.04 bits per heavy atom. The Morgan fingerprint density at radius 3 is 2.63 bits per heavy atom. The Kier molecular flexibility index (Phi) is 9.40. The number of rotatable bonds is 7. The molecular weight excluding hydrogens is 457 g/mol. The van der Waals surface area contributed by atoms with Crippen molar-refractivity contribution in [2.75, 3.05) is 45.8 Å². The Balaban J connectivity index is 0.00000261. The highest BCUT2D eigenvalue weighted by Gasteiger charge is 2.30. The van der Waals surface area contributed by atoms with E-state index in [2.05, 4.69) is 32.3 Å². The summed E-state index contributed by atoms with van der Waals surface area (Å²) in [6.45, 7) is 8.85. The van der Waals surface area contributed by atoms with Gasteiger partial charge in [-0.3, -0.25) is 9.69 Å². The molecule has 0 radical (unpaired) electrons. The number of carbonyl (C=O) groups is 1. The van der Waals surface area contributed by atoms with Gasteiger partial charge >= 0.3 is 0 Å². The molecule has 27 heavy (non-hydrogen) atoms. The highest BCUT2D eigenvalue weighted by molar-refractivity contribution is 14.0. The van der Waals surface area contributed by atoms with Crippen molar-refractivity contribution in [3.63, 3.8) is 0 Å². The number of hydrogen-bond donors (Lipinski definition) is 2. The van der Waals surface area contributed by atoms with Crippen molar-refractivity contribution in [3.8, 4) is 0 Å². The van der Waals surface area contributed by atoms with E-state index >= 15 is 0 Å². The van der Waals surface area contributed by atoms with Crippen LogP contribution in [0.25, 0.3) is 0 Å². The summed E-state index contributed by atoms with van der Waals surface area (Å²) in [4.78, 5) is 21.3. The summed E-state index contributed by atoms with van der Waals surface area (Å²) in [5, 5.41) is 6.63. The summed E-state index contributed by atoms with van der Waals surface area (Å²) in [6, 6.07) is 3.80. The number of nitrogens with one attached hydrogen (secondary N) is 2. The molecule has 0 aromatic carbocycles. The molecule has 2 aliphatic rings. The second-order valence-electron chi connectivity index (χ2n) is 7.00. The number of furan rings is 1. The lowest BCUT2D eigenvalue weighted by atomic mass is 9.84. The van der Waals surface area contributed by atoms with Crippen LogP contribution in [0, 0.1) is 5.92 Å². The van der Waals surface area contributed by atoms with Gasteiger partial charge in [-0.15, -0.1) is 24.0 Å². The molecule has 7 nitrogen and oxygen atoms in total. The number of aliphatic imine (C=N–C) groups is 1. The molecule has 1 aliphatic heterocycles. The highest BCUT2D eigenvalue weighted by Crippen LogP contribution is 2.28. The number of piperazine rings is 1. The third-order valence-corrected chi connectivity index (χ3v) is 5.18. The maximum absolute atomic E-state index is 12.3. The van der Waals surface area contributed by atoms with Crippen molar-refractivity contribution in [3.05, 3.63) is 24.2 Å². The van der Waals surface area contributed by atoms with Gasteiger partial charge in [0, 0.05) is 51.7 Å². The van der Waals surface area contributed by atoms with Gasteiger partial charge in [-0.1, -0.05) is 6.42 Å². The molecule has 1 aromatic rings. The van der Waals surface area contributed by atoms with Gasteiger partial charge in [0.2, 0.25) is 5.91 Å². The topological polar surface area (TPSA) is 73.1 Å². The first-order chi connectivity index (χ1) is 12.8. The fraction of sp³-hybridized carbons (Fsp3) is 0.684. The average Bonchev–Trinajstić information content (AvgIpc) is 3.12. The van der Waals surface area contributed by atoms with E-state index in [1.54, 1.807) is 6.26 Å². The van der Waals surface area contributed by atoms with Gasteiger partial charge in [0.1, 0.15) is 12.3 Å². The van der Waals surface area contributed by atoms with Gasteiger partial charge in [-0.25, -0.2) is 4.99 Å². The van der Waals surface area contributed by atoms with Crippen LogP contribution in [0.5, 0.6) is 0 Å². The summed E-state index contributed by atoms with van der Waals surface area (Å²) < 4.78 is 5.32. The molecule has 1 saturated heterocycles. The third kappa shape index (κ3) is 6.67. The van der Waals surface area contributed by atoms with Gasteiger partial charge in [0.25, 0.3) is 0 Å². The molecule has 2 fully saturated rings. The Morgan fingerprint density at radius 1 is 1.26 bits per heavy atom. The minimum absolute atomic E-state index is 0. The molecule has 8 heteroatoms.